The molecule has 0 amide bonds. The molecule has 0 saturated heterocycles. The summed E-state index contributed by atoms with van der Waals surface area (Å²) < 4.78 is 74.5. The summed E-state index contributed by atoms with van der Waals surface area (Å²) in [5.41, 5.74) is 0.0534. The van der Waals surface area contributed by atoms with Gasteiger partial charge in [-0.25, -0.2) is 25.6 Å². The van der Waals surface area contributed by atoms with Crippen LogP contribution in [0.25, 0.3) is 11.3 Å². The highest BCUT2D eigenvalue weighted by atomic mass is 32.2. The number of nitrogens with one attached hydrogen (secondary N) is 1. The normalized spacial score (nSPS) is 11.6. The molecule has 0 aliphatic heterocycles. The molecule has 0 aliphatic rings. The Balaban J connectivity index is 2.37. The topological polar surface area (TPSA) is 60.3 Å². The first kappa shape index (κ1) is 20.0. The molecule has 0 atom stereocenters. The van der Waals surface area contributed by atoms with Crippen LogP contribution in [0, 0.1) is 17.5 Å². The van der Waals surface area contributed by atoms with E-state index in [9.17, 15) is 21.6 Å². The van der Waals surface area contributed by atoms with Crippen molar-refractivity contribution in [1.82, 2.24) is 9.29 Å². The largest absolute Gasteiger partial charge is 0.494 e. The fraction of sp³-hybridized carbons (Fsp3) is 0.158. The summed E-state index contributed by atoms with van der Waals surface area (Å²) in [4.78, 5) is -0.576. The first-order valence-electron chi connectivity index (χ1n) is 8.19. The van der Waals surface area contributed by atoms with Crippen LogP contribution < -0.4 is 10.1 Å². The zero-order valence-electron chi connectivity index (χ0n) is 15.0. The summed E-state index contributed by atoms with van der Waals surface area (Å²) in [6.45, 7) is 0.207. The molecule has 1 N–H and O–H groups in total. The Labute approximate surface area is 160 Å². The number of aromatic nitrogens is 1. The number of methoxy groups -OCH3 is 1. The van der Waals surface area contributed by atoms with E-state index in [1.54, 1.807) is 7.05 Å². The number of rotatable bonds is 6. The minimum atomic E-state index is -4.43. The van der Waals surface area contributed by atoms with Crippen molar-refractivity contribution in [2.75, 3.05) is 14.2 Å². The second-order valence-corrected chi connectivity index (χ2v) is 7.71. The fourth-order valence-electron chi connectivity index (χ4n) is 2.93. The van der Waals surface area contributed by atoms with Crippen LogP contribution in [0.15, 0.2) is 53.6 Å². The van der Waals surface area contributed by atoms with Gasteiger partial charge in [-0.05, 0) is 31.3 Å². The number of hydrogen-bond donors (Lipinski definition) is 1. The van der Waals surface area contributed by atoms with Crippen molar-refractivity contribution in [3.05, 3.63) is 71.7 Å². The molecule has 0 fully saturated rings. The third-order valence-corrected chi connectivity index (χ3v) is 5.82. The van der Waals surface area contributed by atoms with Gasteiger partial charge >= 0.3 is 0 Å². The predicted molar refractivity (Wildman–Crippen MR) is 98.1 cm³/mol. The molecule has 3 rings (SSSR count). The Morgan fingerprint density at radius 3 is 2.39 bits per heavy atom. The lowest BCUT2D eigenvalue weighted by Crippen LogP contribution is -2.15. The summed E-state index contributed by atoms with van der Waals surface area (Å²) in [6.07, 6.45) is 1.23. The summed E-state index contributed by atoms with van der Waals surface area (Å²) in [7, 11) is -1.49. The molecular weight excluding hydrogens is 393 g/mol. The highest BCUT2D eigenvalue weighted by Gasteiger charge is 2.30. The molecule has 0 radical (unpaired) electrons. The zero-order chi connectivity index (χ0) is 20.5. The average Bonchev–Trinajstić information content (AvgIpc) is 3.01. The molecule has 3 aromatic rings. The van der Waals surface area contributed by atoms with Gasteiger partial charge in [0.2, 0.25) is 0 Å². The van der Waals surface area contributed by atoms with Crippen LogP contribution in [0.5, 0.6) is 5.75 Å². The van der Waals surface area contributed by atoms with Crippen molar-refractivity contribution < 1.29 is 26.3 Å². The monoisotopic (exact) mass is 410 g/mol. The highest BCUT2D eigenvalue weighted by molar-refractivity contribution is 7.90. The van der Waals surface area contributed by atoms with E-state index in [0.717, 1.165) is 28.2 Å². The van der Waals surface area contributed by atoms with Gasteiger partial charge in [0.05, 0.1) is 7.11 Å². The maximum atomic E-state index is 14.5. The van der Waals surface area contributed by atoms with E-state index >= 15 is 0 Å². The van der Waals surface area contributed by atoms with E-state index < -0.39 is 32.4 Å². The number of halogens is 3. The standard InChI is InChI=1S/C19H17F3N2O3S/c1-23-10-12-11-24(28(25,26)17-6-4-3-5-15(17)21)18(19(12)27-2)14-8-7-13(20)9-16(14)22/h3-9,11,23H,10H2,1-2H3. The van der Waals surface area contributed by atoms with Crippen molar-refractivity contribution in [1.29, 1.82) is 0 Å². The first-order chi connectivity index (χ1) is 13.3. The second-order valence-electron chi connectivity index (χ2n) is 5.92. The molecule has 0 bridgehead atoms. The minimum absolute atomic E-state index is 0.0831. The summed E-state index contributed by atoms with van der Waals surface area (Å²) in [5, 5.41) is 2.86. The van der Waals surface area contributed by atoms with E-state index in [4.69, 9.17) is 4.74 Å². The molecule has 5 nitrogen and oxygen atoms in total. The quantitative estimate of drug-likeness (QED) is 0.675. The van der Waals surface area contributed by atoms with Crippen molar-refractivity contribution in [2.24, 2.45) is 0 Å². The van der Waals surface area contributed by atoms with Crippen molar-refractivity contribution >= 4 is 10.0 Å². The molecular formula is C19H17F3N2O3S. The van der Waals surface area contributed by atoms with Crippen molar-refractivity contribution in [3.8, 4) is 17.0 Å². The highest BCUT2D eigenvalue weighted by Crippen LogP contribution is 2.39. The van der Waals surface area contributed by atoms with Gasteiger partial charge in [0.15, 0.2) is 0 Å². The van der Waals surface area contributed by atoms with E-state index in [2.05, 4.69) is 5.32 Å². The molecule has 0 aliphatic carbocycles. The van der Waals surface area contributed by atoms with Crippen molar-refractivity contribution in [3.63, 3.8) is 0 Å². The van der Waals surface area contributed by atoms with Gasteiger partial charge in [0.1, 0.15) is 33.8 Å². The third kappa shape index (κ3) is 3.38. The molecule has 0 saturated carbocycles. The maximum absolute atomic E-state index is 14.5. The molecule has 0 unspecified atom stereocenters. The number of nitrogens with zero attached hydrogens (tertiary/aromatic N) is 1. The molecule has 1 heterocycles. The zero-order valence-corrected chi connectivity index (χ0v) is 15.9. The van der Waals surface area contributed by atoms with Crippen LogP contribution in [0.1, 0.15) is 5.56 Å². The fourth-order valence-corrected chi connectivity index (χ4v) is 4.40. The van der Waals surface area contributed by atoms with Gasteiger partial charge in [-0.2, -0.15) is 0 Å². The van der Waals surface area contributed by atoms with Crippen LogP contribution in [-0.2, 0) is 16.6 Å². The maximum Gasteiger partial charge on any atom is 0.271 e. The lowest BCUT2D eigenvalue weighted by atomic mass is 10.1. The lowest BCUT2D eigenvalue weighted by Gasteiger charge is -2.13. The Hall–Kier alpha value is -2.78. The van der Waals surface area contributed by atoms with Crippen LogP contribution in [0.4, 0.5) is 13.2 Å². The Morgan fingerprint density at radius 1 is 1.07 bits per heavy atom. The van der Waals surface area contributed by atoms with E-state index in [1.165, 1.54) is 25.4 Å². The lowest BCUT2D eigenvalue weighted by molar-refractivity contribution is 0.411. The van der Waals surface area contributed by atoms with Gasteiger partial charge < -0.3 is 10.1 Å². The van der Waals surface area contributed by atoms with Gasteiger partial charge in [-0.15, -0.1) is 0 Å². The average molecular weight is 410 g/mol. The summed E-state index contributed by atoms with van der Waals surface area (Å²) >= 11 is 0. The van der Waals surface area contributed by atoms with Crippen molar-refractivity contribution in [2.45, 2.75) is 11.4 Å². The smallest absolute Gasteiger partial charge is 0.271 e. The molecule has 148 valence electrons. The van der Waals surface area contributed by atoms with Gasteiger partial charge in [0.25, 0.3) is 10.0 Å². The predicted octanol–water partition coefficient (Wildman–Crippen LogP) is 3.54. The molecule has 28 heavy (non-hydrogen) atoms. The van der Waals surface area contributed by atoms with Gasteiger partial charge in [0, 0.05) is 29.9 Å². The second kappa shape index (κ2) is 7.69. The Bertz CT molecular complexity index is 1130. The van der Waals surface area contributed by atoms with Crippen LogP contribution in [0.3, 0.4) is 0 Å². The number of hydrogen-bond acceptors (Lipinski definition) is 4. The van der Waals surface area contributed by atoms with Crippen LogP contribution in [0.2, 0.25) is 0 Å². The number of benzene rings is 2. The SMILES string of the molecule is CNCc1cn(S(=O)(=O)c2ccccc2F)c(-c2ccc(F)cc2F)c1OC. The number of ether oxygens (including phenoxy) is 1. The Kier molecular flexibility index (Phi) is 5.48. The van der Waals surface area contributed by atoms with E-state index in [0.29, 0.717) is 11.6 Å². The van der Waals surface area contributed by atoms with E-state index in [1.807, 2.05) is 0 Å². The summed E-state index contributed by atoms with van der Waals surface area (Å²) in [5.74, 6) is -2.65. The molecule has 2 aromatic carbocycles. The van der Waals surface area contributed by atoms with Gasteiger partial charge in [-0.3, -0.25) is 0 Å². The minimum Gasteiger partial charge on any atom is -0.494 e. The third-order valence-electron chi connectivity index (χ3n) is 4.13. The molecule has 1 aromatic heterocycles. The molecule has 9 heteroatoms. The van der Waals surface area contributed by atoms with E-state index in [-0.39, 0.29) is 23.6 Å². The van der Waals surface area contributed by atoms with Gasteiger partial charge in [-0.1, -0.05) is 12.1 Å². The Morgan fingerprint density at radius 2 is 1.79 bits per heavy atom. The summed E-state index contributed by atoms with van der Waals surface area (Å²) in [6, 6.07) is 7.61. The first-order valence-corrected chi connectivity index (χ1v) is 9.63. The van der Waals surface area contributed by atoms with Crippen LogP contribution >= 0.6 is 0 Å². The van der Waals surface area contributed by atoms with Crippen LogP contribution in [-0.4, -0.2) is 26.5 Å². The molecule has 0 spiro atoms.